The Kier molecular flexibility index (Phi) is 5.88. The monoisotopic (exact) mass is 365 g/mol. The van der Waals surface area contributed by atoms with Crippen molar-refractivity contribution in [1.82, 2.24) is 25.5 Å². The largest absolute Gasteiger partial charge is 0.449 e. The lowest BCUT2D eigenvalue weighted by Gasteiger charge is -2.13. The molecule has 8 nitrogen and oxygen atoms in total. The predicted molar refractivity (Wildman–Crippen MR) is 97.2 cm³/mol. The molecule has 1 N–H and O–H groups in total. The van der Waals surface area contributed by atoms with E-state index in [2.05, 4.69) is 20.8 Å². The van der Waals surface area contributed by atoms with Gasteiger partial charge in [-0.3, -0.25) is 4.79 Å². The molecule has 0 saturated heterocycles. The summed E-state index contributed by atoms with van der Waals surface area (Å²) in [5.41, 5.74) is 2.18. The molecule has 0 aliphatic carbocycles. The number of nitrogens with one attached hydrogen (secondary N) is 1. The van der Waals surface area contributed by atoms with Crippen molar-refractivity contribution < 1.29 is 14.3 Å². The maximum absolute atomic E-state index is 12.2. The maximum atomic E-state index is 12.2. The molecule has 1 atom stereocenters. The van der Waals surface area contributed by atoms with E-state index in [9.17, 15) is 9.59 Å². The molecule has 3 rings (SSSR count). The molecular weight excluding hydrogens is 346 g/mol. The average molecular weight is 365 g/mol. The minimum atomic E-state index is -0.882. The van der Waals surface area contributed by atoms with Gasteiger partial charge in [0.2, 0.25) is 0 Å². The number of ether oxygens (including phenoxy) is 1. The van der Waals surface area contributed by atoms with Crippen LogP contribution in [0.2, 0.25) is 0 Å². The molecule has 0 aliphatic rings. The highest BCUT2D eigenvalue weighted by atomic mass is 16.5. The van der Waals surface area contributed by atoms with Crippen LogP contribution in [0.1, 0.15) is 22.8 Å². The molecule has 1 amide bonds. The highest BCUT2D eigenvalue weighted by molar-refractivity contribution is 5.92. The molecule has 138 valence electrons. The first-order chi connectivity index (χ1) is 13.1. The van der Waals surface area contributed by atoms with E-state index >= 15 is 0 Å². The minimum absolute atomic E-state index is 0.329. The Hall–Kier alpha value is -3.55. The number of benzene rings is 2. The average Bonchev–Trinajstić information content (AvgIpc) is 3.23. The van der Waals surface area contributed by atoms with E-state index in [4.69, 9.17) is 4.74 Å². The molecule has 2 aromatic carbocycles. The van der Waals surface area contributed by atoms with Gasteiger partial charge in [-0.25, -0.2) is 9.48 Å². The van der Waals surface area contributed by atoms with E-state index < -0.39 is 12.1 Å². The van der Waals surface area contributed by atoms with E-state index in [0.29, 0.717) is 24.2 Å². The van der Waals surface area contributed by atoms with Gasteiger partial charge < -0.3 is 10.1 Å². The molecule has 3 aromatic rings. The lowest BCUT2D eigenvalue weighted by Crippen LogP contribution is -2.36. The summed E-state index contributed by atoms with van der Waals surface area (Å²) >= 11 is 0. The molecule has 27 heavy (non-hydrogen) atoms. The summed E-state index contributed by atoms with van der Waals surface area (Å²) in [6.07, 6.45) is 1.29. The van der Waals surface area contributed by atoms with Crippen LogP contribution < -0.4 is 5.32 Å². The van der Waals surface area contributed by atoms with E-state index in [-0.39, 0.29) is 5.91 Å². The molecule has 1 heterocycles. The number of esters is 1. The maximum Gasteiger partial charge on any atom is 0.338 e. The van der Waals surface area contributed by atoms with Crippen LogP contribution in [0.3, 0.4) is 0 Å². The van der Waals surface area contributed by atoms with Gasteiger partial charge in [-0.15, -0.1) is 5.10 Å². The smallest absolute Gasteiger partial charge is 0.338 e. The molecule has 8 heteroatoms. The first kappa shape index (κ1) is 18.2. The SMILES string of the molecule is C[C@@H](OC(=O)c1ccc(-n2cnnn2)cc1)C(=O)NCCc1ccccc1. The van der Waals surface area contributed by atoms with E-state index in [1.807, 2.05) is 30.3 Å². The zero-order valence-corrected chi connectivity index (χ0v) is 14.8. The van der Waals surface area contributed by atoms with Gasteiger partial charge in [-0.1, -0.05) is 30.3 Å². The van der Waals surface area contributed by atoms with Crippen molar-refractivity contribution in [3.05, 3.63) is 72.1 Å². The Morgan fingerprint density at radius 2 is 1.85 bits per heavy atom. The molecule has 1 aromatic heterocycles. The van der Waals surface area contributed by atoms with Crippen LogP contribution in [0.25, 0.3) is 5.69 Å². The minimum Gasteiger partial charge on any atom is -0.449 e. The van der Waals surface area contributed by atoms with Crippen molar-refractivity contribution in [2.75, 3.05) is 6.54 Å². The fourth-order valence-electron chi connectivity index (χ4n) is 2.43. The van der Waals surface area contributed by atoms with E-state index in [1.54, 1.807) is 31.2 Å². The molecule has 0 fully saturated rings. The zero-order chi connectivity index (χ0) is 19.1. The van der Waals surface area contributed by atoms with Gasteiger partial charge in [-0.2, -0.15) is 0 Å². The van der Waals surface area contributed by atoms with Crippen LogP contribution in [-0.2, 0) is 16.0 Å². The molecule has 0 radical (unpaired) electrons. The lowest BCUT2D eigenvalue weighted by molar-refractivity contribution is -0.129. The summed E-state index contributed by atoms with van der Waals surface area (Å²) in [4.78, 5) is 24.3. The molecule has 0 saturated carbocycles. The van der Waals surface area contributed by atoms with Crippen LogP contribution in [0.15, 0.2) is 60.9 Å². The van der Waals surface area contributed by atoms with Crippen molar-refractivity contribution in [1.29, 1.82) is 0 Å². The molecule has 0 aliphatic heterocycles. The number of tetrazole rings is 1. The number of carbonyl (C=O) groups is 2. The van der Waals surface area contributed by atoms with Gasteiger partial charge in [0.25, 0.3) is 5.91 Å². The van der Waals surface area contributed by atoms with E-state index in [1.165, 1.54) is 11.0 Å². The summed E-state index contributed by atoms with van der Waals surface area (Å²) in [5, 5.41) is 13.7. The van der Waals surface area contributed by atoms with Gasteiger partial charge in [0.05, 0.1) is 11.3 Å². The van der Waals surface area contributed by atoms with Gasteiger partial charge in [0.1, 0.15) is 6.33 Å². The van der Waals surface area contributed by atoms with Crippen molar-refractivity contribution in [3.8, 4) is 5.69 Å². The lowest BCUT2D eigenvalue weighted by atomic mass is 10.1. The highest BCUT2D eigenvalue weighted by Gasteiger charge is 2.18. The fraction of sp³-hybridized carbons (Fsp3) is 0.211. The highest BCUT2D eigenvalue weighted by Crippen LogP contribution is 2.10. The Labute approximate surface area is 156 Å². The third-order valence-corrected chi connectivity index (χ3v) is 3.93. The Morgan fingerprint density at radius 1 is 1.11 bits per heavy atom. The second kappa shape index (κ2) is 8.70. The van der Waals surface area contributed by atoms with Gasteiger partial charge >= 0.3 is 5.97 Å². The summed E-state index contributed by atoms with van der Waals surface area (Å²) in [5.74, 6) is -0.895. The Balaban J connectivity index is 1.48. The summed E-state index contributed by atoms with van der Waals surface area (Å²) < 4.78 is 6.70. The van der Waals surface area contributed by atoms with Crippen LogP contribution in [0, 0.1) is 0 Å². The standard InChI is InChI=1S/C19H19N5O3/c1-14(18(25)20-12-11-15-5-3-2-4-6-15)27-19(26)16-7-9-17(10-8-16)24-13-21-22-23-24/h2-10,13-14H,11-12H2,1H3,(H,20,25)/t14-/m1/s1. The van der Waals surface area contributed by atoms with Gasteiger partial charge in [0, 0.05) is 6.54 Å². The molecule has 0 spiro atoms. The van der Waals surface area contributed by atoms with Crippen molar-refractivity contribution >= 4 is 11.9 Å². The molecule has 0 bridgehead atoms. The quantitative estimate of drug-likeness (QED) is 0.638. The van der Waals surface area contributed by atoms with Crippen molar-refractivity contribution in [2.45, 2.75) is 19.4 Å². The molecular formula is C19H19N5O3. The number of hydrogen-bond acceptors (Lipinski definition) is 6. The van der Waals surface area contributed by atoms with Crippen molar-refractivity contribution in [2.24, 2.45) is 0 Å². The third kappa shape index (κ3) is 4.97. The predicted octanol–water partition coefficient (Wildman–Crippen LogP) is 1.57. The number of rotatable bonds is 7. The topological polar surface area (TPSA) is 99.0 Å². The molecule has 0 unspecified atom stereocenters. The van der Waals surface area contributed by atoms with E-state index in [0.717, 1.165) is 5.56 Å². The summed E-state index contributed by atoms with van der Waals surface area (Å²) in [6, 6.07) is 16.4. The Morgan fingerprint density at radius 3 is 2.52 bits per heavy atom. The van der Waals surface area contributed by atoms with Crippen LogP contribution in [0.5, 0.6) is 0 Å². The number of aromatic nitrogens is 4. The van der Waals surface area contributed by atoms with Gasteiger partial charge in [0.15, 0.2) is 6.10 Å². The first-order valence-corrected chi connectivity index (χ1v) is 8.49. The second-order valence-electron chi connectivity index (χ2n) is 5.88. The van der Waals surface area contributed by atoms with Crippen LogP contribution >= 0.6 is 0 Å². The third-order valence-electron chi connectivity index (χ3n) is 3.93. The number of nitrogens with zero attached hydrogens (tertiary/aromatic N) is 4. The first-order valence-electron chi connectivity index (χ1n) is 8.49. The Bertz CT molecular complexity index is 879. The van der Waals surface area contributed by atoms with Crippen LogP contribution in [-0.4, -0.2) is 44.7 Å². The van der Waals surface area contributed by atoms with Gasteiger partial charge in [-0.05, 0) is 53.6 Å². The zero-order valence-electron chi connectivity index (χ0n) is 14.8. The number of hydrogen-bond donors (Lipinski definition) is 1. The number of amides is 1. The summed E-state index contributed by atoms with van der Waals surface area (Å²) in [7, 11) is 0. The normalized spacial score (nSPS) is 11.6. The van der Waals surface area contributed by atoms with Crippen LogP contribution in [0.4, 0.5) is 0 Å². The van der Waals surface area contributed by atoms with Crippen molar-refractivity contribution in [3.63, 3.8) is 0 Å². The summed E-state index contributed by atoms with van der Waals surface area (Å²) in [6.45, 7) is 2.02. The fourth-order valence-corrected chi connectivity index (χ4v) is 2.43. The number of carbonyl (C=O) groups excluding carboxylic acids is 2. The second-order valence-corrected chi connectivity index (χ2v) is 5.88.